The van der Waals surface area contributed by atoms with E-state index in [4.69, 9.17) is 21.7 Å². The lowest BCUT2D eigenvalue weighted by molar-refractivity contribution is -0.118. The zero-order valence-electron chi connectivity index (χ0n) is 15.3. The van der Waals surface area contributed by atoms with Gasteiger partial charge in [-0.05, 0) is 12.8 Å². The SMILES string of the molecule is CCC(N)C(O)O.CCCCCCCCCCCCCC(N)=O. The Morgan fingerprint density at radius 1 is 0.826 bits per heavy atom. The Labute approximate surface area is 142 Å². The second-order valence-electron chi connectivity index (χ2n) is 6.24. The predicted molar refractivity (Wildman–Crippen MR) is 96.8 cm³/mol. The van der Waals surface area contributed by atoms with Crippen molar-refractivity contribution in [3.8, 4) is 0 Å². The molecule has 0 aliphatic rings. The number of amides is 1. The maximum atomic E-state index is 10.5. The van der Waals surface area contributed by atoms with Crippen LogP contribution in [0.5, 0.6) is 0 Å². The third kappa shape index (κ3) is 23.7. The molecule has 0 aromatic heterocycles. The normalized spacial score (nSPS) is 11.9. The molecule has 0 aliphatic heterocycles. The number of carbonyl (C=O) groups is 1. The molecule has 0 aliphatic carbocycles. The van der Waals surface area contributed by atoms with Gasteiger partial charge in [0.05, 0.1) is 6.04 Å². The van der Waals surface area contributed by atoms with E-state index in [-0.39, 0.29) is 5.91 Å². The standard InChI is InChI=1S/C14H29NO.C4H11NO2/c1-2-3-4-5-6-7-8-9-10-11-12-13-14(15)16;1-2-3(5)4(6)7/h2-13H2,1H3,(H2,15,16);3-4,6-7H,2,5H2,1H3. The molecule has 0 aromatic carbocycles. The van der Waals surface area contributed by atoms with Crippen LogP contribution >= 0.6 is 0 Å². The van der Waals surface area contributed by atoms with Crippen molar-refractivity contribution >= 4 is 5.91 Å². The van der Waals surface area contributed by atoms with Crippen molar-refractivity contribution in [1.82, 2.24) is 0 Å². The highest BCUT2D eigenvalue weighted by Crippen LogP contribution is 2.11. The van der Waals surface area contributed by atoms with Crippen LogP contribution in [-0.2, 0) is 4.79 Å². The van der Waals surface area contributed by atoms with Crippen LogP contribution in [0, 0.1) is 0 Å². The van der Waals surface area contributed by atoms with E-state index in [9.17, 15) is 4.79 Å². The van der Waals surface area contributed by atoms with Gasteiger partial charge < -0.3 is 21.7 Å². The molecule has 0 saturated heterocycles. The van der Waals surface area contributed by atoms with E-state index in [1.807, 2.05) is 0 Å². The first-order valence-electron chi connectivity index (χ1n) is 9.35. The van der Waals surface area contributed by atoms with E-state index in [0.717, 1.165) is 6.42 Å². The van der Waals surface area contributed by atoms with E-state index < -0.39 is 12.3 Å². The Morgan fingerprint density at radius 2 is 1.22 bits per heavy atom. The van der Waals surface area contributed by atoms with E-state index >= 15 is 0 Å². The summed E-state index contributed by atoms with van der Waals surface area (Å²) >= 11 is 0. The Bertz CT molecular complexity index is 248. The Balaban J connectivity index is 0. The molecular weight excluding hydrogens is 292 g/mol. The zero-order chi connectivity index (χ0) is 17.9. The van der Waals surface area contributed by atoms with Gasteiger partial charge in [-0.2, -0.15) is 0 Å². The maximum Gasteiger partial charge on any atom is 0.217 e. The van der Waals surface area contributed by atoms with Crippen molar-refractivity contribution in [1.29, 1.82) is 0 Å². The van der Waals surface area contributed by atoms with Crippen LogP contribution in [0.4, 0.5) is 0 Å². The van der Waals surface area contributed by atoms with Gasteiger partial charge in [-0.15, -0.1) is 0 Å². The van der Waals surface area contributed by atoms with Gasteiger partial charge in [0.25, 0.3) is 0 Å². The average molecular weight is 333 g/mol. The highest BCUT2D eigenvalue weighted by molar-refractivity contribution is 5.73. The predicted octanol–water partition coefficient (Wildman–Crippen LogP) is 3.21. The molecule has 1 atom stereocenters. The van der Waals surface area contributed by atoms with Gasteiger partial charge in [0.2, 0.25) is 5.91 Å². The lowest BCUT2D eigenvalue weighted by Crippen LogP contribution is -2.33. The average Bonchev–Trinajstić information content (AvgIpc) is 2.52. The minimum Gasteiger partial charge on any atom is -0.370 e. The third-order valence-corrected chi connectivity index (χ3v) is 3.88. The number of primary amides is 1. The number of rotatable bonds is 14. The molecule has 23 heavy (non-hydrogen) atoms. The zero-order valence-corrected chi connectivity index (χ0v) is 15.3. The number of aliphatic hydroxyl groups is 2. The van der Waals surface area contributed by atoms with Crippen molar-refractivity contribution in [3.05, 3.63) is 0 Å². The lowest BCUT2D eigenvalue weighted by atomic mass is 10.1. The molecule has 140 valence electrons. The van der Waals surface area contributed by atoms with Crippen LogP contribution in [0.25, 0.3) is 0 Å². The third-order valence-electron chi connectivity index (χ3n) is 3.88. The van der Waals surface area contributed by atoms with Crippen LogP contribution in [0.2, 0.25) is 0 Å². The fourth-order valence-corrected chi connectivity index (χ4v) is 2.17. The topological polar surface area (TPSA) is 110 Å². The molecule has 6 N–H and O–H groups in total. The van der Waals surface area contributed by atoms with Gasteiger partial charge in [-0.25, -0.2) is 0 Å². The van der Waals surface area contributed by atoms with Gasteiger partial charge >= 0.3 is 0 Å². The molecule has 5 heteroatoms. The van der Waals surface area contributed by atoms with E-state index in [1.165, 1.54) is 64.2 Å². The largest absolute Gasteiger partial charge is 0.370 e. The molecule has 5 nitrogen and oxygen atoms in total. The first-order valence-corrected chi connectivity index (χ1v) is 9.35. The summed E-state index contributed by atoms with van der Waals surface area (Å²) in [6.45, 7) is 4.05. The van der Waals surface area contributed by atoms with Gasteiger partial charge in [-0.3, -0.25) is 4.79 Å². The molecule has 0 aromatic rings. The number of carbonyl (C=O) groups excluding carboxylic acids is 1. The van der Waals surface area contributed by atoms with Crippen LogP contribution in [0.1, 0.15) is 97.3 Å². The summed E-state index contributed by atoms with van der Waals surface area (Å²) in [5.74, 6) is -0.157. The highest BCUT2D eigenvalue weighted by Gasteiger charge is 2.05. The van der Waals surface area contributed by atoms with Crippen molar-refractivity contribution in [3.63, 3.8) is 0 Å². The van der Waals surface area contributed by atoms with E-state index in [0.29, 0.717) is 12.8 Å². The van der Waals surface area contributed by atoms with Crippen molar-refractivity contribution in [2.75, 3.05) is 0 Å². The molecule has 1 amide bonds. The minimum absolute atomic E-state index is 0.157. The molecule has 0 spiro atoms. The summed E-state index contributed by atoms with van der Waals surface area (Å²) in [6, 6.07) is -0.486. The van der Waals surface area contributed by atoms with Gasteiger partial charge in [0, 0.05) is 6.42 Å². The molecule has 0 saturated carbocycles. The molecule has 1 unspecified atom stereocenters. The number of aliphatic hydroxyl groups excluding tert-OH is 1. The molecule has 0 fully saturated rings. The van der Waals surface area contributed by atoms with Crippen molar-refractivity contribution < 1.29 is 15.0 Å². The maximum absolute atomic E-state index is 10.5. The van der Waals surface area contributed by atoms with Gasteiger partial charge in [0.1, 0.15) is 0 Å². The van der Waals surface area contributed by atoms with Crippen LogP contribution in [-0.4, -0.2) is 28.5 Å². The quantitative estimate of drug-likeness (QED) is 0.289. The lowest BCUT2D eigenvalue weighted by Gasteiger charge is -2.08. The fraction of sp³-hybridized carbons (Fsp3) is 0.944. The monoisotopic (exact) mass is 332 g/mol. The first kappa shape index (κ1) is 24.6. The van der Waals surface area contributed by atoms with E-state index in [2.05, 4.69) is 6.92 Å². The Hall–Kier alpha value is -0.650. The van der Waals surface area contributed by atoms with Gasteiger partial charge in [0.15, 0.2) is 6.29 Å². The van der Waals surface area contributed by atoms with Gasteiger partial charge in [-0.1, -0.05) is 78.1 Å². The van der Waals surface area contributed by atoms with Crippen molar-refractivity contribution in [2.24, 2.45) is 11.5 Å². The fourth-order valence-electron chi connectivity index (χ4n) is 2.17. The second kappa shape index (κ2) is 19.4. The van der Waals surface area contributed by atoms with Crippen LogP contribution in [0.15, 0.2) is 0 Å². The molecule has 0 rings (SSSR count). The Morgan fingerprint density at radius 3 is 1.48 bits per heavy atom. The molecule has 0 bridgehead atoms. The molecule has 0 radical (unpaired) electrons. The van der Waals surface area contributed by atoms with Crippen molar-refractivity contribution in [2.45, 2.75) is 110 Å². The summed E-state index contributed by atoms with van der Waals surface area (Å²) < 4.78 is 0. The summed E-state index contributed by atoms with van der Waals surface area (Å²) in [7, 11) is 0. The smallest absolute Gasteiger partial charge is 0.217 e. The molecular formula is C18H40N2O3. The minimum atomic E-state index is -1.36. The number of hydrogen-bond donors (Lipinski definition) is 4. The summed E-state index contributed by atoms with van der Waals surface area (Å²) in [5.41, 5.74) is 10.2. The summed E-state index contributed by atoms with van der Waals surface area (Å²) in [4.78, 5) is 10.5. The summed E-state index contributed by atoms with van der Waals surface area (Å²) in [5, 5.41) is 16.5. The number of nitrogens with two attached hydrogens (primary N) is 2. The molecule has 0 heterocycles. The first-order chi connectivity index (χ1) is 11.0. The number of unbranched alkanes of at least 4 members (excludes halogenated alkanes) is 10. The van der Waals surface area contributed by atoms with E-state index in [1.54, 1.807) is 6.92 Å². The number of hydrogen-bond acceptors (Lipinski definition) is 4. The summed E-state index contributed by atoms with van der Waals surface area (Å²) in [6.07, 6.45) is 14.2. The van der Waals surface area contributed by atoms with Crippen LogP contribution in [0.3, 0.4) is 0 Å². The van der Waals surface area contributed by atoms with Crippen LogP contribution < -0.4 is 11.5 Å². The highest BCUT2D eigenvalue weighted by atomic mass is 16.5. The second-order valence-corrected chi connectivity index (χ2v) is 6.24. The Kier molecular flexibility index (Phi) is 20.7.